The predicted molar refractivity (Wildman–Crippen MR) is 83.1 cm³/mol. The number of hydrogen-bond acceptors (Lipinski definition) is 4. The van der Waals surface area contributed by atoms with Crippen LogP contribution < -0.4 is 10.2 Å². The zero-order chi connectivity index (χ0) is 13.8. The van der Waals surface area contributed by atoms with Gasteiger partial charge in [-0.15, -0.1) is 0 Å². The molecular formula is C16H22N4. The first kappa shape index (κ1) is 13.3. The van der Waals surface area contributed by atoms with Crippen molar-refractivity contribution in [2.75, 3.05) is 24.5 Å². The van der Waals surface area contributed by atoms with Gasteiger partial charge in [0.05, 0.1) is 5.52 Å². The number of rotatable bonds is 5. The van der Waals surface area contributed by atoms with Crippen LogP contribution in [0.25, 0.3) is 10.9 Å². The quantitative estimate of drug-likeness (QED) is 0.848. The predicted octanol–water partition coefficient (Wildman–Crippen LogP) is 2.60. The van der Waals surface area contributed by atoms with E-state index in [9.17, 15) is 0 Å². The third-order valence-corrected chi connectivity index (χ3v) is 3.98. The van der Waals surface area contributed by atoms with E-state index in [2.05, 4.69) is 45.3 Å². The fourth-order valence-corrected chi connectivity index (χ4v) is 2.99. The number of nitrogens with zero attached hydrogens (tertiary/aromatic N) is 3. The topological polar surface area (TPSA) is 41.0 Å². The Morgan fingerprint density at radius 1 is 1.30 bits per heavy atom. The lowest BCUT2D eigenvalue weighted by Crippen LogP contribution is -2.38. The van der Waals surface area contributed by atoms with Crippen molar-refractivity contribution < 1.29 is 0 Å². The molecule has 0 aliphatic carbocycles. The standard InChI is InChI=1S/C16H22N4/c1-2-9-17-11-13-6-5-10-20(13)16-14-7-3-4-8-15(14)18-12-19-16/h3-4,7-8,12-13,17H,2,5-6,9-11H2,1H3. The van der Waals surface area contributed by atoms with Crippen molar-refractivity contribution in [1.82, 2.24) is 15.3 Å². The molecule has 1 atom stereocenters. The number of aromatic nitrogens is 2. The van der Waals surface area contributed by atoms with Gasteiger partial charge in [0.15, 0.2) is 0 Å². The van der Waals surface area contributed by atoms with Gasteiger partial charge >= 0.3 is 0 Å². The molecule has 1 saturated heterocycles. The summed E-state index contributed by atoms with van der Waals surface area (Å²) < 4.78 is 0. The van der Waals surface area contributed by atoms with E-state index in [0.29, 0.717) is 6.04 Å². The Balaban J connectivity index is 1.86. The molecule has 2 heterocycles. The van der Waals surface area contributed by atoms with Gasteiger partial charge in [0, 0.05) is 24.5 Å². The fraction of sp³-hybridized carbons (Fsp3) is 0.500. The maximum Gasteiger partial charge on any atom is 0.140 e. The van der Waals surface area contributed by atoms with Crippen molar-refractivity contribution in [3.63, 3.8) is 0 Å². The first-order chi connectivity index (χ1) is 9.90. The SMILES string of the molecule is CCCNCC1CCCN1c1ncnc2ccccc12. The molecule has 4 heteroatoms. The van der Waals surface area contributed by atoms with E-state index in [1.807, 2.05) is 6.07 Å². The molecule has 20 heavy (non-hydrogen) atoms. The second-order valence-corrected chi connectivity index (χ2v) is 5.41. The summed E-state index contributed by atoms with van der Waals surface area (Å²) in [6.07, 6.45) is 5.36. The van der Waals surface area contributed by atoms with Crippen molar-refractivity contribution in [1.29, 1.82) is 0 Å². The van der Waals surface area contributed by atoms with Crippen molar-refractivity contribution >= 4 is 16.7 Å². The van der Waals surface area contributed by atoms with Crippen LogP contribution in [0, 0.1) is 0 Å². The van der Waals surface area contributed by atoms with Gasteiger partial charge in [-0.25, -0.2) is 9.97 Å². The molecule has 1 fully saturated rings. The largest absolute Gasteiger partial charge is 0.352 e. The monoisotopic (exact) mass is 270 g/mol. The highest BCUT2D eigenvalue weighted by Gasteiger charge is 2.26. The molecule has 1 N–H and O–H groups in total. The van der Waals surface area contributed by atoms with Gasteiger partial charge in [-0.1, -0.05) is 19.1 Å². The summed E-state index contributed by atoms with van der Waals surface area (Å²) in [5, 5.41) is 4.70. The second-order valence-electron chi connectivity index (χ2n) is 5.41. The van der Waals surface area contributed by atoms with E-state index in [-0.39, 0.29) is 0 Å². The molecule has 1 aromatic heterocycles. The Hall–Kier alpha value is -1.68. The van der Waals surface area contributed by atoms with Crippen LogP contribution >= 0.6 is 0 Å². The number of para-hydroxylation sites is 1. The lowest BCUT2D eigenvalue weighted by molar-refractivity contribution is 0.569. The van der Waals surface area contributed by atoms with Gasteiger partial charge in [0.2, 0.25) is 0 Å². The third kappa shape index (κ3) is 2.61. The summed E-state index contributed by atoms with van der Waals surface area (Å²) in [7, 11) is 0. The zero-order valence-electron chi connectivity index (χ0n) is 12.0. The molecule has 0 saturated carbocycles. The van der Waals surface area contributed by atoms with Crippen molar-refractivity contribution in [2.24, 2.45) is 0 Å². The van der Waals surface area contributed by atoms with E-state index in [4.69, 9.17) is 0 Å². The zero-order valence-corrected chi connectivity index (χ0v) is 12.0. The molecule has 1 aliphatic rings. The summed E-state index contributed by atoms with van der Waals surface area (Å²) in [6, 6.07) is 8.83. The third-order valence-electron chi connectivity index (χ3n) is 3.98. The summed E-state index contributed by atoms with van der Waals surface area (Å²) in [4.78, 5) is 11.4. The summed E-state index contributed by atoms with van der Waals surface area (Å²) in [5.74, 6) is 1.09. The lowest BCUT2D eigenvalue weighted by Gasteiger charge is -2.26. The first-order valence-corrected chi connectivity index (χ1v) is 7.57. The van der Waals surface area contributed by atoms with E-state index in [1.165, 1.54) is 19.3 Å². The minimum absolute atomic E-state index is 0.555. The second kappa shape index (κ2) is 6.18. The molecule has 2 aromatic rings. The van der Waals surface area contributed by atoms with Gasteiger partial charge in [-0.3, -0.25) is 0 Å². The van der Waals surface area contributed by atoms with Gasteiger partial charge in [0.1, 0.15) is 12.1 Å². The fourth-order valence-electron chi connectivity index (χ4n) is 2.99. The lowest BCUT2D eigenvalue weighted by atomic mass is 10.2. The number of nitrogens with one attached hydrogen (secondary N) is 1. The van der Waals surface area contributed by atoms with Crippen LogP contribution in [0.4, 0.5) is 5.82 Å². The molecule has 0 amide bonds. The molecule has 0 bridgehead atoms. The number of hydrogen-bond donors (Lipinski definition) is 1. The van der Waals surface area contributed by atoms with Crippen molar-refractivity contribution in [3.8, 4) is 0 Å². The van der Waals surface area contributed by atoms with Crippen LogP contribution in [-0.4, -0.2) is 35.6 Å². The molecule has 0 radical (unpaired) electrons. The van der Waals surface area contributed by atoms with E-state index in [1.54, 1.807) is 6.33 Å². The minimum atomic E-state index is 0.555. The van der Waals surface area contributed by atoms with Crippen LogP contribution in [0.2, 0.25) is 0 Å². The Bertz CT molecular complexity index is 564. The van der Waals surface area contributed by atoms with Crippen LogP contribution in [0.5, 0.6) is 0 Å². The van der Waals surface area contributed by atoms with Crippen LogP contribution in [0.1, 0.15) is 26.2 Å². The van der Waals surface area contributed by atoms with Gasteiger partial charge in [-0.2, -0.15) is 0 Å². The van der Waals surface area contributed by atoms with Gasteiger partial charge < -0.3 is 10.2 Å². The average Bonchev–Trinajstić information content (AvgIpc) is 2.95. The molecule has 106 valence electrons. The Kier molecular flexibility index (Phi) is 4.11. The Morgan fingerprint density at radius 3 is 3.10 bits per heavy atom. The number of benzene rings is 1. The highest BCUT2D eigenvalue weighted by molar-refractivity contribution is 5.89. The van der Waals surface area contributed by atoms with Crippen LogP contribution in [0.3, 0.4) is 0 Å². The Labute approximate surface area is 120 Å². The summed E-state index contributed by atoms with van der Waals surface area (Å²) in [5.41, 5.74) is 1.03. The van der Waals surface area contributed by atoms with E-state index in [0.717, 1.165) is 36.4 Å². The van der Waals surface area contributed by atoms with E-state index >= 15 is 0 Å². The molecule has 4 nitrogen and oxygen atoms in total. The Morgan fingerprint density at radius 2 is 2.20 bits per heavy atom. The molecule has 1 unspecified atom stereocenters. The average molecular weight is 270 g/mol. The number of fused-ring (bicyclic) bond motifs is 1. The smallest absolute Gasteiger partial charge is 0.140 e. The number of anilines is 1. The van der Waals surface area contributed by atoms with Crippen molar-refractivity contribution in [3.05, 3.63) is 30.6 Å². The van der Waals surface area contributed by atoms with Crippen molar-refractivity contribution in [2.45, 2.75) is 32.2 Å². The van der Waals surface area contributed by atoms with E-state index < -0.39 is 0 Å². The normalized spacial score (nSPS) is 18.9. The maximum atomic E-state index is 4.55. The van der Waals surface area contributed by atoms with Crippen LogP contribution in [-0.2, 0) is 0 Å². The highest BCUT2D eigenvalue weighted by Crippen LogP contribution is 2.28. The summed E-state index contributed by atoms with van der Waals surface area (Å²) >= 11 is 0. The minimum Gasteiger partial charge on any atom is -0.352 e. The van der Waals surface area contributed by atoms with Gasteiger partial charge in [0.25, 0.3) is 0 Å². The maximum absolute atomic E-state index is 4.55. The molecular weight excluding hydrogens is 248 g/mol. The van der Waals surface area contributed by atoms with Crippen LogP contribution in [0.15, 0.2) is 30.6 Å². The highest BCUT2D eigenvalue weighted by atomic mass is 15.2. The first-order valence-electron chi connectivity index (χ1n) is 7.57. The molecule has 0 spiro atoms. The van der Waals surface area contributed by atoms with Gasteiger partial charge in [-0.05, 0) is 37.9 Å². The molecule has 1 aromatic carbocycles. The molecule has 3 rings (SSSR count). The molecule has 1 aliphatic heterocycles. The summed E-state index contributed by atoms with van der Waals surface area (Å²) in [6.45, 7) is 5.44.